The van der Waals surface area contributed by atoms with E-state index in [4.69, 9.17) is 66.4 Å². The topological polar surface area (TPSA) is 343 Å². The van der Waals surface area contributed by atoms with Crippen molar-refractivity contribution in [3.8, 4) is 0 Å². The zero-order chi connectivity index (χ0) is 62.2. The molecule has 0 aliphatic heterocycles. The standard InChI is InChI=1S/C56H91N7O21S2.Ru/c1-5-63(6-2)46-11-10-45-41-47(55(70)84-49(45)42-46)52(68)57-14-8-7-9-48(53(69)58-15-19-74-23-27-78-31-29-77-26-22-73-18-13-51(66)67)61-50(65)12-17-72-21-25-76-30-33-80-35-37-82-39-40-83-38-36-81-34-32-79-28-24-75-20-16-59-86(71)54-43(3)85-56(62-54)60-44(4)64;/h10-11,41-42,48,59,71H,5-9,12-40H2,1-4H3,(H4-,57,58,60,61,62,64,65,66,67,68,69);/p+1. The van der Waals surface area contributed by atoms with Gasteiger partial charge in [0.15, 0.2) is 5.13 Å². The first-order valence-electron chi connectivity index (χ1n) is 29.1. The number of amides is 4. The number of aliphatic carboxylic acids is 1. The number of carbonyl (C=O) groups is 5. The molecule has 0 saturated heterocycles. The molecule has 0 radical (unpaired) electrons. The van der Waals surface area contributed by atoms with Crippen LogP contribution in [0.2, 0.25) is 0 Å². The van der Waals surface area contributed by atoms with Crippen LogP contribution in [0, 0.1) is 6.92 Å². The number of nitrogens with zero attached hydrogens (tertiary/aromatic N) is 2. The summed E-state index contributed by atoms with van der Waals surface area (Å²) in [7, 11) is 0. The van der Waals surface area contributed by atoms with Crippen LogP contribution in [-0.4, -0.2) is 242 Å². The fraction of sp³-hybridized carbons (Fsp3) is 0.696. The molecule has 2 unspecified atom stereocenters. The van der Waals surface area contributed by atoms with Crippen LogP contribution in [0.15, 0.2) is 38.5 Å². The number of carbonyl (C=O) groups excluding carboxylic acids is 4. The zero-order valence-corrected chi connectivity index (χ0v) is 54.0. The number of fused-ring (bicyclic) bond motifs is 1. The second-order valence-corrected chi connectivity index (χ2v) is 20.9. The maximum absolute atomic E-state index is 13.3. The molecule has 4 amide bonds. The molecule has 87 heavy (non-hydrogen) atoms. The van der Waals surface area contributed by atoms with Crippen LogP contribution in [-0.2, 0) is 107 Å². The van der Waals surface area contributed by atoms with Crippen molar-refractivity contribution in [1.29, 1.82) is 0 Å². The van der Waals surface area contributed by atoms with E-state index >= 15 is 0 Å². The van der Waals surface area contributed by atoms with Crippen LogP contribution in [0.25, 0.3) is 11.0 Å². The summed E-state index contributed by atoms with van der Waals surface area (Å²) in [6, 6.07) is 6.17. The monoisotopic (exact) mass is 1360 g/mol. The molecule has 0 aliphatic rings. The largest absolute Gasteiger partial charge is 0.481 e. The molecular formula is C56H92N7O21RuS2+. The van der Waals surface area contributed by atoms with Gasteiger partial charge in [0.05, 0.1) is 176 Å². The van der Waals surface area contributed by atoms with Crippen molar-refractivity contribution in [1.82, 2.24) is 25.7 Å². The maximum atomic E-state index is 13.3. The number of hydrogen-bond acceptors (Lipinski definition) is 24. The van der Waals surface area contributed by atoms with Gasteiger partial charge in [-0.15, -0.1) is 0 Å². The average Bonchev–Trinajstić information content (AvgIpc) is 3.10. The van der Waals surface area contributed by atoms with E-state index in [9.17, 15) is 33.3 Å². The summed E-state index contributed by atoms with van der Waals surface area (Å²) in [5.41, 5.74) is 0.450. The summed E-state index contributed by atoms with van der Waals surface area (Å²) in [6.07, 6.45) is 1.13. The van der Waals surface area contributed by atoms with E-state index in [1.165, 1.54) is 24.3 Å². The molecule has 0 aliphatic carbocycles. The third-order valence-corrected chi connectivity index (χ3v) is 14.1. The van der Waals surface area contributed by atoms with E-state index in [2.05, 4.69) is 35.9 Å². The van der Waals surface area contributed by atoms with Crippen molar-refractivity contribution in [2.75, 3.05) is 202 Å². The average molecular weight is 1360 g/mol. The summed E-state index contributed by atoms with van der Waals surface area (Å²) in [5, 5.41) is 21.2. The van der Waals surface area contributed by atoms with Gasteiger partial charge in [0.25, 0.3) is 17.3 Å². The van der Waals surface area contributed by atoms with Crippen LogP contribution < -0.4 is 36.5 Å². The quantitative estimate of drug-likeness (QED) is 0.0185. The molecule has 0 bridgehead atoms. The number of carboxylic acid groups (broad SMARTS) is 1. The van der Waals surface area contributed by atoms with Crippen molar-refractivity contribution in [2.45, 2.75) is 70.9 Å². The Labute approximate surface area is 529 Å². The van der Waals surface area contributed by atoms with Crippen LogP contribution in [0.4, 0.5) is 10.8 Å². The van der Waals surface area contributed by atoms with Crippen molar-refractivity contribution in [3.05, 3.63) is 45.1 Å². The third kappa shape index (κ3) is 38.0. The maximum Gasteiger partial charge on any atom is 0.349 e. The Kier molecular flexibility index (Phi) is 46.5. The first-order chi connectivity index (χ1) is 41.8. The van der Waals surface area contributed by atoms with Crippen LogP contribution in [0.3, 0.4) is 0 Å². The third-order valence-electron chi connectivity index (χ3n) is 11.9. The summed E-state index contributed by atoms with van der Waals surface area (Å²) >= 11 is 0.0440. The summed E-state index contributed by atoms with van der Waals surface area (Å²) < 4.78 is 84.7. The molecular weight excluding hydrogens is 1270 g/mol. The predicted molar refractivity (Wildman–Crippen MR) is 321 cm³/mol. The molecule has 496 valence electrons. The van der Waals surface area contributed by atoms with Crippen molar-refractivity contribution < 1.29 is 114 Å². The molecule has 1 aromatic carbocycles. The van der Waals surface area contributed by atoms with Gasteiger partial charge in [-0.05, 0) is 58.2 Å². The Hall–Kier alpha value is -4.38. The van der Waals surface area contributed by atoms with Gasteiger partial charge in [0, 0.05) is 76.1 Å². The number of rotatable bonds is 56. The van der Waals surface area contributed by atoms with E-state index in [1.807, 2.05) is 32.9 Å². The van der Waals surface area contributed by atoms with Gasteiger partial charge in [0.2, 0.25) is 17.7 Å². The molecule has 7 N–H and O–H groups in total. The minimum atomic E-state index is -1.26. The molecule has 2 atom stereocenters. The number of thiazole rings is 1. The van der Waals surface area contributed by atoms with Crippen molar-refractivity contribution >= 4 is 74.1 Å². The Morgan fingerprint density at radius 3 is 1.59 bits per heavy atom. The van der Waals surface area contributed by atoms with Gasteiger partial charge < -0.3 is 92.5 Å². The summed E-state index contributed by atoms with van der Waals surface area (Å²) in [5.74, 6) is -2.49. The van der Waals surface area contributed by atoms with E-state index < -0.39 is 40.8 Å². The summed E-state index contributed by atoms with van der Waals surface area (Å²) in [4.78, 5) is 81.1. The van der Waals surface area contributed by atoms with Crippen LogP contribution >= 0.6 is 11.3 Å². The number of ether oxygens (including phenoxy) is 12. The molecule has 2 heterocycles. The minimum Gasteiger partial charge on any atom is -0.481 e. The molecule has 0 fully saturated rings. The molecule has 3 aromatic rings. The van der Waals surface area contributed by atoms with Gasteiger partial charge in [0.1, 0.15) is 17.2 Å². The van der Waals surface area contributed by atoms with Crippen LogP contribution in [0.5, 0.6) is 0 Å². The summed E-state index contributed by atoms with van der Waals surface area (Å²) in [6.45, 7) is 17.7. The fourth-order valence-electron chi connectivity index (χ4n) is 7.49. The first-order valence-corrected chi connectivity index (χ1v) is 31.1. The Bertz CT molecular complexity index is 2390. The molecule has 0 spiro atoms. The van der Waals surface area contributed by atoms with Gasteiger partial charge in [-0.2, -0.15) is 9.54 Å². The Morgan fingerprint density at radius 1 is 0.632 bits per heavy atom. The van der Waals surface area contributed by atoms with Crippen LogP contribution in [0.1, 0.15) is 68.1 Å². The fourth-order valence-corrected chi connectivity index (χ4v) is 9.53. The number of benzene rings is 1. The first kappa shape index (κ1) is 78.7. The number of hydrogen-bond donors (Lipinski definition) is 7. The van der Waals surface area contributed by atoms with Gasteiger partial charge in [-0.3, -0.25) is 24.0 Å². The van der Waals surface area contributed by atoms with Gasteiger partial charge >= 0.3 is 16.6 Å². The van der Waals surface area contributed by atoms with E-state index in [0.29, 0.717) is 159 Å². The Morgan fingerprint density at radius 2 is 1.10 bits per heavy atom. The SMILES string of the molecule is CCN(CC)c1ccc2cc(C(=O)NCCCCC(NC(=O)CCOCCOCCOCCOCCOCCOCCOCCOCCN[S+](O)c3nc(NC(C)=O)sc3C)C(=O)NCCOCCOCCOCCOCCC(=O)O)c(=O)oc2c1.[Ru]. The van der Waals surface area contributed by atoms with Crippen molar-refractivity contribution in [2.24, 2.45) is 0 Å². The molecule has 2 aromatic heterocycles. The molecule has 31 heteroatoms. The number of aromatic nitrogens is 1. The van der Waals surface area contributed by atoms with E-state index in [1.54, 1.807) is 6.07 Å². The van der Waals surface area contributed by atoms with E-state index in [-0.39, 0.29) is 109 Å². The Balaban J connectivity index is 0.0000258. The minimum absolute atomic E-state index is 0. The molecule has 0 saturated carbocycles. The second kappa shape index (κ2) is 51.4. The van der Waals surface area contributed by atoms with Crippen molar-refractivity contribution in [3.63, 3.8) is 0 Å². The molecule has 28 nitrogen and oxygen atoms in total. The number of anilines is 2. The van der Waals surface area contributed by atoms with E-state index in [0.717, 1.165) is 23.7 Å². The second-order valence-electron chi connectivity index (χ2n) is 18.5. The van der Waals surface area contributed by atoms with Gasteiger partial charge in [-0.1, -0.05) is 16.1 Å². The normalized spacial score (nSPS) is 12.0. The predicted octanol–water partition coefficient (Wildman–Crippen LogP) is 2.58. The number of unbranched alkanes of at least 4 members (excludes halogenated alkanes) is 1. The molecule has 3 rings (SSSR count). The van der Waals surface area contributed by atoms with Gasteiger partial charge in [-0.25, -0.2) is 4.79 Å². The smallest absolute Gasteiger partial charge is 0.349 e. The zero-order valence-electron chi connectivity index (χ0n) is 50.6. The number of carboxylic acids is 1. The number of aryl methyl sites for hydroxylation is 1. The number of nitrogens with one attached hydrogen (secondary N) is 5.